The Labute approximate surface area is 122 Å². The fourth-order valence-corrected chi connectivity index (χ4v) is 2.39. The third-order valence-electron chi connectivity index (χ3n) is 3.80. The summed E-state index contributed by atoms with van der Waals surface area (Å²) in [5.41, 5.74) is 1.38. The Morgan fingerprint density at radius 2 is 2.19 bits per heavy atom. The van der Waals surface area contributed by atoms with Gasteiger partial charge in [0.05, 0.1) is 12.8 Å². The smallest absolute Gasteiger partial charge is 0.218 e. The van der Waals surface area contributed by atoms with Crippen LogP contribution < -0.4 is 10.1 Å². The first-order chi connectivity index (χ1) is 10.3. The highest BCUT2D eigenvalue weighted by Gasteiger charge is 2.25. The molecule has 2 aromatic heterocycles. The minimum atomic E-state index is -0.343. The van der Waals surface area contributed by atoms with E-state index in [4.69, 9.17) is 4.74 Å². The number of anilines is 1. The summed E-state index contributed by atoms with van der Waals surface area (Å²) in [7, 11) is 1.56. The number of hydrogen-bond donors (Lipinski definition) is 1. The average Bonchev–Trinajstić information content (AvgIpc) is 2.46. The lowest BCUT2D eigenvalue weighted by Crippen LogP contribution is -2.15. The third-order valence-corrected chi connectivity index (χ3v) is 3.80. The number of hydrogen-bond acceptors (Lipinski definition) is 5. The van der Waals surface area contributed by atoms with E-state index in [0.717, 1.165) is 24.8 Å². The van der Waals surface area contributed by atoms with Gasteiger partial charge in [-0.25, -0.2) is 19.3 Å². The largest absolute Gasteiger partial charge is 0.481 e. The molecule has 0 aliphatic heterocycles. The van der Waals surface area contributed by atoms with Crippen molar-refractivity contribution >= 4 is 5.82 Å². The van der Waals surface area contributed by atoms with E-state index in [2.05, 4.69) is 20.3 Å². The summed E-state index contributed by atoms with van der Waals surface area (Å²) < 4.78 is 19.6. The standard InChI is InChI=1S/C15H17FN4O/c1-21-15-11(6-3-7-17-15)8-18-14-12(16)13(19-9-20-14)10-4-2-5-10/h3,6-7,9-10H,2,4-5,8H2,1H3,(H,18,19,20). The molecule has 1 N–H and O–H groups in total. The Hall–Kier alpha value is -2.24. The molecule has 0 aromatic carbocycles. The second-order valence-electron chi connectivity index (χ2n) is 5.07. The maximum Gasteiger partial charge on any atom is 0.218 e. The van der Waals surface area contributed by atoms with E-state index < -0.39 is 0 Å². The van der Waals surface area contributed by atoms with Crippen molar-refractivity contribution in [3.05, 3.63) is 41.7 Å². The van der Waals surface area contributed by atoms with Crippen molar-refractivity contribution in [2.24, 2.45) is 0 Å². The summed E-state index contributed by atoms with van der Waals surface area (Å²) in [6.45, 7) is 0.398. The molecule has 2 aromatic rings. The van der Waals surface area contributed by atoms with Crippen LogP contribution in [0.15, 0.2) is 24.7 Å². The SMILES string of the molecule is COc1ncccc1CNc1ncnc(C2CCC2)c1F. The Balaban J connectivity index is 1.76. The lowest BCUT2D eigenvalue weighted by Gasteiger charge is -2.25. The van der Waals surface area contributed by atoms with Crippen LogP contribution in [0.3, 0.4) is 0 Å². The lowest BCUT2D eigenvalue weighted by molar-refractivity contribution is 0.391. The zero-order valence-electron chi connectivity index (χ0n) is 11.8. The van der Waals surface area contributed by atoms with Crippen molar-refractivity contribution in [1.29, 1.82) is 0 Å². The van der Waals surface area contributed by atoms with Gasteiger partial charge in [-0.1, -0.05) is 12.5 Å². The zero-order chi connectivity index (χ0) is 14.7. The molecule has 110 valence electrons. The number of rotatable bonds is 5. The first-order valence-corrected chi connectivity index (χ1v) is 7.01. The molecular formula is C15H17FN4O. The normalized spacial score (nSPS) is 14.6. The molecule has 0 spiro atoms. The number of halogens is 1. The van der Waals surface area contributed by atoms with Gasteiger partial charge in [0.25, 0.3) is 0 Å². The van der Waals surface area contributed by atoms with E-state index in [-0.39, 0.29) is 17.6 Å². The second kappa shape index (κ2) is 6.03. The van der Waals surface area contributed by atoms with Crippen LogP contribution >= 0.6 is 0 Å². The van der Waals surface area contributed by atoms with Gasteiger partial charge in [0.2, 0.25) is 5.88 Å². The topological polar surface area (TPSA) is 59.9 Å². The predicted octanol–water partition coefficient (Wildman–Crippen LogP) is 2.90. The molecule has 0 bridgehead atoms. The second-order valence-corrected chi connectivity index (χ2v) is 5.07. The molecule has 2 heterocycles. The molecule has 1 fully saturated rings. The van der Waals surface area contributed by atoms with Gasteiger partial charge in [-0.3, -0.25) is 0 Å². The minimum absolute atomic E-state index is 0.234. The number of nitrogens with one attached hydrogen (secondary N) is 1. The van der Waals surface area contributed by atoms with Gasteiger partial charge < -0.3 is 10.1 Å². The number of ether oxygens (including phenoxy) is 1. The van der Waals surface area contributed by atoms with Crippen LogP contribution in [0.4, 0.5) is 10.2 Å². The molecule has 0 unspecified atom stereocenters. The minimum Gasteiger partial charge on any atom is -0.481 e. The van der Waals surface area contributed by atoms with Crippen LogP contribution in [0.5, 0.6) is 5.88 Å². The summed E-state index contributed by atoms with van der Waals surface area (Å²) in [5.74, 6) is 0.656. The Morgan fingerprint density at radius 1 is 1.33 bits per heavy atom. The van der Waals surface area contributed by atoms with Gasteiger partial charge in [-0.15, -0.1) is 0 Å². The van der Waals surface area contributed by atoms with Gasteiger partial charge >= 0.3 is 0 Å². The van der Waals surface area contributed by atoms with Crippen molar-refractivity contribution < 1.29 is 9.13 Å². The molecule has 6 heteroatoms. The van der Waals surface area contributed by atoms with Gasteiger partial charge in [0, 0.05) is 24.2 Å². The van der Waals surface area contributed by atoms with Crippen molar-refractivity contribution in [2.75, 3.05) is 12.4 Å². The van der Waals surface area contributed by atoms with Crippen molar-refractivity contribution in [3.8, 4) is 5.88 Å². The van der Waals surface area contributed by atoms with Crippen LogP contribution in [0.2, 0.25) is 0 Å². The fourth-order valence-electron chi connectivity index (χ4n) is 2.39. The van der Waals surface area contributed by atoms with E-state index in [1.54, 1.807) is 13.3 Å². The van der Waals surface area contributed by atoms with Crippen molar-refractivity contribution in [2.45, 2.75) is 31.7 Å². The summed E-state index contributed by atoms with van der Waals surface area (Å²) >= 11 is 0. The summed E-state index contributed by atoms with van der Waals surface area (Å²) in [4.78, 5) is 12.2. The number of methoxy groups -OCH3 is 1. The summed E-state index contributed by atoms with van der Waals surface area (Å²) in [6.07, 6.45) is 6.22. The number of pyridine rings is 1. The van der Waals surface area contributed by atoms with Crippen LogP contribution in [0.25, 0.3) is 0 Å². The molecular weight excluding hydrogens is 271 g/mol. The van der Waals surface area contributed by atoms with Gasteiger partial charge in [0.15, 0.2) is 11.6 Å². The molecule has 1 aliphatic rings. The average molecular weight is 288 g/mol. The molecule has 21 heavy (non-hydrogen) atoms. The van der Waals surface area contributed by atoms with Crippen LogP contribution in [0.1, 0.15) is 36.4 Å². The lowest BCUT2D eigenvalue weighted by atomic mass is 9.82. The Bertz CT molecular complexity index is 631. The summed E-state index contributed by atoms with van der Waals surface area (Å²) in [5, 5.41) is 3.00. The first kappa shape index (κ1) is 13.7. The summed E-state index contributed by atoms with van der Waals surface area (Å²) in [6, 6.07) is 3.69. The first-order valence-electron chi connectivity index (χ1n) is 7.01. The highest BCUT2D eigenvalue weighted by molar-refractivity contribution is 5.40. The highest BCUT2D eigenvalue weighted by Crippen LogP contribution is 2.37. The van der Waals surface area contributed by atoms with Crippen LogP contribution in [0, 0.1) is 5.82 Å². The highest BCUT2D eigenvalue weighted by atomic mass is 19.1. The molecule has 5 nitrogen and oxygen atoms in total. The number of aromatic nitrogens is 3. The molecule has 0 saturated heterocycles. The molecule has 0 amide bonds. The maximum absolute atomic E-state index is 14.4. The Kier molecular flexibility index (Phi) is 3.94. The van der Waals surface area contributed by atoms with Crippen molar-refractivity contribution in [3.63, 3.8) is 0 Å². The quantitative estimate of drug-likeness (QED) is 0.916. The zero-order valence-corrected chi connectivity index (χ0v) is 11.8. The van der Waals surface area contributed by atoms with E-state index in [9.17, 15) is 4.39 Å². The molecule has 1 aliphatic carbocycles. The van der Waals surface area contributed by atoms with E-state index in [0.29, 0.717) is 18.1 Å². The van der Waals surface area contributed by atoms with Gasteiger partial charge in [0.1, 0.15) is 6.33 Å². The molecule has 1 saturated carbocycles. The van der Waals surface area contributed by atoms with Crippen LogP contribution in [-0.2, 0) is 6.54 Å². The maximum atomic E-state index is 14.4. The predicted molar refractivity (Wildman–Crippen MR) is 76.7 cm³/mol. The monoisotopic (exact) mass is 288 g/mol. The molecule has 0 radical (unpaired) electrons. The number of nitrogens with zero attached hydrogens (tertiary/aromatic N) is 3. The van der Waals surface area contributed by atoms with E-state index in [1.807, 2.05) is 12.1 Å². The van der Waals surface area contributed by atoms with Crippen molar-refractivity contribution in [1.82, 2.24) is 15.0 Å². The molecule has 3 rings (SSSR count). The van der Waals surface area contributed by atoms with Crippen LogP contribution in [-0.4, -0.2) is 22.1 Å². The molecule has 0 atom stereocenters. The van der Waals surface area contributed by atoms with Gasteiger partial charge in [-0.2, -0.15) is 0 Å². The fraction of sp³-hybridized carbons (Fsp3) is 0.400. The van der Waals surface area contributed by atoms with E-state index in [1.165, 1.54) is 6.33 Å². The Morgan fingerprint density at radius 3 is 2.90 bits per heavy atom. The third kappa shape index (κ3) is 2.79. The van der Waals surface area contributed by atoms with Gasteiger partial charge in [-0.05, 0) is 18.9 Å². The van der Waals surface area contributed by atoms with E-state index >= 15 is 0 Å².